The number of alkyl halides is 2. The lowest BCUT2D eigenvalue weighted by Crippen LogP contribution is -2.50. The van der Waals surface area contributed by atoms with Crippen molar-refractivity contribution in [3.63, 3.8) is 0 Å². The van der Waals surface area contributed by atoms with Gasteiger partial charge in [-0.15, -0.1) is 0 Å². The van der Waals surface area contributed by atoms with Crippen molar-refractivity contribution in [2.45, 2.75) is 31.3 Å². The predicted octanol–water partition coefficient (Wildman–Crippen LogP) is 2.23. The van der Waals surface area contributed by atoms with Crippen molar-refractivity contribution in [2.24, 2.45) is 5.92 Å². The molecule has 2 heterocycles. The number of aliphatic hydroxyl groups excluding tert-OH is 1. The molecule has 33 heavy (non-hydrogen) atoms. The Kier molecular flexibility index (Phi) is 6.51. The average molecular weight is 456 g/mol. The summed E-state index contributed by atoms with van der Waals surface area (Å²) in [7, 11) is 0. The number of pyridine rings is 1. The van der Waals surface area contributed by atoms with E-state index >= 15 is 0 Å². The first-order chi connectivity index (χ1) is 15.9. The van der Waals surface area contributed by atoms with Gasteiger partial charge >= 0.3 is 0 Å². The number of piperidine rings is 1. The number of nitriles is 1. The molecule has 1 saturated carbocycles. The van der Waals surface area contributed by atoms with Gasteiger partial charge in [-0.1, -0.05) is 6.07 Å². The Morgan fingerprint density at radius 2 is 2.00 bits per heavy atom. The fraction of sp³-hybridized carbons (Fsp3) is 0.391. The molecule has 172 valence electrons. The Bertz CT molecular complexity index is 1110. The maximum Gasteiger partial charge on any atom is 0.248 e. The van der Waals surface area contributed by atoms with Crippen LogP contribution in [0.1, 0.15) is 18.4 Å². The van der Waals surface area contributed by atoms with E-state index in [4.69, 9.17) is 9.84 Å². The molecule has 1 aromatic heterocycles. The van der Waals surface area contributed by atoms with E-state index in [-0.39, 0.29) is 43.1 Å². The molecule has 1 aromatic carbocycles. The Morgan fingerprint density at radius 3 is 2.67 bits per heavy atom. The van der Waals surface area contributed by atoms with E-state index in [1.54, 1.807) is 30.3 Å². The molecule has 1 aliphatic carbocycles. The highest BCUT2D eigenvalue weighted by molar-refractivity contribution is 5.94. The number of carbonyl (C=O) groups is 2. The number of carbonyl (C=O) groups excluding carboxylic acids is 2. The third-order valence-electron chi connectivity index (χ3n) is 5.74. The molecule has 2 aromatic rings. The van der Waals surface area contributed by atoms with Gasteiger partial charge in [-0.05, 0) is 41.8 Å². The molecule has 8 nitrogen and oxygen atoms in total. The molecule has 2 N–H and O–H groups in total. The van der Waals surface area contributed by atoms with Crippen molar-refractivity contribution in [1.82, 2.24) is 9.88 Å². The van der Waals surface area contributed by atoms with Crippen LogP contribution >= 0.6 is 0 Å². The van der Waals surface area contributed by atoms with E-state index < -0.39 is 42.8 Å². The van der Waals surface area contributed by atoms with Gasteiger partial charge in [0.05, 0.1) is 18.0 Å². The minimum Gasteiger partial charge on any atom is -0.486 e. The molecule has 10 heteroatoms. The van der Waals surface area contributed by atoms with Gasteiger partial charge in [0.15, 0.2) is 6.17 Å². The number of nitrogens with zero attached hydrogens (tertiary/aromatic N) is 3. The quantitative estimate of drug-likeness (QED) is 0.689. The molecule has 1 saturated heterocycles. The molecule has 2 aliphatic rings. The maximum absolute atomic E-state index is 14.5. The van der Waals surface area contributed by atoms with E-state index in [1.807, 2.05) is 6.07 Å². The fourth-order valence-corrected chi connectivity index (χ4v) is 3.74. The standard InChI is InChI=1S/C23H22F2N4O4/c24-17-9-16(17)23(32)28-21-8-14(3-5-27-21)13-1-2-19(15(7-13)10-26)33-20-4-6-29(11-18(20)25)22(31)12-30/h1-3,5,7-8,16-18,20,30H,4,6,9,11-12H2,(H,27,28,32)/t16-,17+,18-,20+/m1/s1. The second-order valence-corrected chi connectivity index (χ2v) is 8.06. The van der Waals surface area contributed by atoms with Gasteiger partial charge < -0.3 is 20.1 Å². The van der Waals surface area contributed by atoms with Crippen LogP contribution in [0.15, 0.2) is 36.5 Å². The Balaban J connectivity index is 1.46. The summed E-state index contributed by atoms with van der Waals surface area (Å²) < 4.78 is 33.4. The van der Waals surface area contributed by atoms with Crippen LogP contribution in [0.3, 0.4) is 0 Å². The van der Waals surface area contributed by atoms with Crippen molar-refractivity contribution in [1.29, 1.82) is 5.26 Å². The number of aliphatic hydroxyl groups is 1. The zero-order valence-electron chi connectivity index (χ0n) is 17.6. The topological polar surface area (TPSA) is 116 Å². The zero-order chi connectivity index (χ0) is 23.5. The number of amides is 2. The summed E-state index contributed by atoms with van der Waals surface area (Å²) in [6, 6.07) is 10.2. The van der Waals surface area contributed by atoms with Gasteiger partial charge in [0.1, 0.15) is 36.5 Å². The van der Waals surface area contributed by atoms with Crippen molar-refractivity contribution in [3.8, 4) is 22.9 Å². The monoisotopic (exact) mass is 456 g/mol. The van der Waals surface area contributed by atoms with Crippen LogP contribution in [0.25, 0.3) is 11.1 Å². The number of anilines is 1. The summed E-state index contributed by atoms with van der Waals surface area (Å²) in [5, 5.41) is 21.1. The molecule has 0 bridgehead atoms. The number of nitrogens with one attached hydrogen (secondary N) is 1. The average Bonchev–Trinajstić information content (AvgIpc) is 3.57. The van der Waals surface area contributed by atoms with Crippen LogP contribution < -0.4 is 10.1 Å². The minimum atomic E-state index is -1.46. The van der Waals surface area contributed by atoms with Crippen LogP contribution in [-0.2, 0) is 9.59 Å². The first-order valence-corrected chi connectivity index (χ1v) is 10.5. The first-order valence-electron chi connectivity index (χ1n) is 10.5. The van der Waals surface area contributed by atoms with Crippen molar-refractivity contribution >= 4 is 17.6 Å². The number of hydrogen-bond acceptors (Lipinski definition) is 6. The SMILES string of the molecule is N#Cc1cc(-c2ccnc(NC(=O)[C@@H]3C[C@@H]3F)c2)ccc1O[C@H]1CCN(C(=O)CO)C[C@H]1F. The summed E-state index contributed by atoms with van der Waals surface area (Å²) in [4.78, 5) is 28.8. The van der Waals surface area contributed by atoms with Gasteiger partial charge in [0.2, 0.25) is 11.8 Å². The molecular weight excluding hydrogens is 434 g/mol. The normalized spacial score (nSPS) is 24.0. The van der Waals surface area contributed by atoms with Crippen molar-refractivity contribution < 1.29 is 28.2 Å². The molecule has 0 radical (unpaired) electrons. The molecule has 1 aliphatic heterocycles. The molecule has 2 fully saturated rings. The number of rotatable bonds is 6. The predicted molar refractivity (Wildman–Crippen MR) is 114 cm³/mol. The Morgan fingerprint density at radius 1 is 1.24 bits per heavy atom. The number of halogens is 2. The highest BCUT2D eigenvalue weighted by Gasteiger charge is 2.43. The lowest BCUT2D eigenvalue weighted by atomic mass is 10.0. The summed E-state index contributed by atoms with van der Waals surface area (Å²) in [6.07, 6.45) is -1.44. The second kappa shape index (κ2) is 9.50. The van der Waals surface area contributed by atoms with Gasteiger partial charge in [-0.25, -0.2) is 13.8 Å². The number of benzene rings is 1. The van der Waals surface area contributed by atoms with E-state index in [0.29, 0.717) is 11.1 Å². The number of likely N-dealkylation sites (tertiary alicyclic amines) is 1. The summed E-state index contributed by atoms with van der Waals surface area (Å²) in [6.45, 7) is -0.602. The molecule has 4 atom stereocenters. The third kappa shape index (κ3) is 5.09. The zero-order valence-corrected chi connectivity index (χ0v) is 17.6. The fourth-order valence-electron chi connectivity index (χ4n) is 3.74. The van der Waals surface area contributed by atoms with E-state index in [2.05, 4.69) is 10.3 Å². The number of ether oxygens (including phenoxy) is 1. The van der Waals surface area contributed by atoms with Crippen LogP contribution in [0, 0.1) is 17.2 Å². The molecule has 2 amide bonds. The van der Waals surface area contributed by atoms with Gasteiger partial charge in [-0.3, -0.25) is 9.59 Å². The van der Waals surface area contributed by atoms with Crippen molar-refractivity contribution in [2.75, 3.05) is 25.0 Å². The van der Waals surface area contributed by atoms with Gasteiger partial charge in [0, 0.05) is 19.2 Å². The highest BCUT2D eigenvalue weighted by Crippen LogP contribution is 2.35. The Hall–Kier alpha value is -3.58. The maximum atomic E-state index is 14.5. The number of hydrogen-bond donors (Lipinski definition) is 2. The molecular formula is C23H22F2N4O4. The number of aromatic nitrogens is 1. The molecule has 4 rings (SSSR count). The summed E-state index contributed by atoms with van der Waals surface area (Å²) in [5.41, 5.74) is 1.54. The highest BCUT2D eigenvalue weighted by atomic mass is 19.1. The summed E-state index contributed by atoms with van der Waals surface area (Å²) in [5.74, 6) is -1.08. The smallest absolute Gasteiger partial charge is 0.248 e. The minimum absolute atomic E-state index is 0.181. The Labute approximate surface area is 188 Å². The van der Waals surface area contributed by atoms with E-state index in [9.17, 15) is 23.6 Å². The molecule has 0 spiro atoms. The van der Waals surface area contributed by atoms with Gasteiger partial charge in [0.25, 0.3) is 0 Å². The third-order valence-corrected chi connectivity index (χ3v) is 5.74. The molecule has 0 unspecified atom stereocenters. The van der Waals surface area contributed by atoms with Crippen LogP contribution in [-0.4, -0.2) is 64.9 Å². The van der Waals surface area contributed by atoms with Crippen molar-refractivity contribution in [3.05, 3.63) is 42.1 Å². The van der Waals surface area contributed by atoms with Gasteiger partial charge in [-0.2, -0.15) is 5.26 Å². The summed E-state index contributed by atoms with van der Waals surface area (Å²) >= 11 is 0. The second-order valence-electron chi connectivity index (χ2n) is 8.06. The van der Waals surface area contributed by atoms with Crippen LogP contribution in [0.4, 0.5) is 14.6 Å². The van der Waals surface area contributed by atoms with Crippen LogP contribution in [0.2, 0.25) is 0 Å². The van der Waals surface area contributed by atoms with Crippen LogP contribution in [0.5, 0.6) is 5.75 Å². The van der Waals surface area contributed by atoms with E-state index in [0.717, 1.165) is 0 Å². The largest absolute Gasteiger partial charge is 0.486 e. The lowest BCUT2D eigenvalue weighted by molar-refractivity contribution is -0.138. The van der Waals surface area contributed by atoms with E-state index in [1.165, 1.54) is 11.1 Å². The first kappa shape index (κ1) is 22.6. The lowest BCUT2D eigenvalue weighted by Gasteiger charge is -2.34.